The Morgan fingerprint density at radius 3 is 2.56 bits per heavy atom. The molecule has 18 heavy (non-hydrogen) atoms. The van der Waals surface area contributed by atoms with E-state index in [1.165, 1.54) is 11.8 Å². The van der Waals surface area contributed by atoms with Gasteiger partial charge in [-0.3, -0.25) is 9.59 Å². The molecular formula is C11H13ClN2O3S. The van der Waals surface area contributed by atoms with Gasteiger partial charge in [0.15, 0.2) is 0 Å². The van der Waals surface area contributed by atoms with Gasteiger partial charge in [-0.15, -0.1) is 11.8 Å². The summed E-state index contributed by atoms with van der Waals surface area (Å²) in [7, 11) is 0. The van der Waals surface area contributed by atoms with Crippen LogP contribution in [0, 0.1) is 0 Å². The first kappa shape index (κ1) is 14.8. The number of carbonyl (C=O) groups excluding carboxylic acids is 1. The van der Waals surface area contributed by atoms with E-state index in [9.17, 15) is 9.59 Å². The number of anilines is 1. The van der Waals surface area contributed by atoms with Crippen LogP contribution in [0.2, 0.25) is 5.02 Å². The zero-order valence-corrected chi connectivity index (χ0v) is 11.0. The van der Waals surface area contributed by atoms with E-state index in [2.05, 4.69) is 5.32 Å². The standard InChI is InChI=1S/C11H13ClN2O3S/c12-7-1-3-8(4-2-7)14-10(15)6-18-5-9(13)11(16)17/h1-4,9H,5-6,13H2,(H,14,15)(H,16,17). The lowest BCUT2D eigenvalue weighted by Crippen LogP contribution is -2.33. The number of carbonyl (C=O) groups is 2. The highest BCUT2D eigenvalue weighted by Crippen LogP contribution is 2.13. The Labute approximate surface area is 114 Å². The minimum atomic E-state index is -1.07. The number of hydrogen-bond donors (Lipinski definition) is 3. The molecule has 0 saturated heterocycles. The number of rotatable bonds is 6. The maximum absolute atomic E-state index is 11.5. The molecule has 0 fully saturated rings. The van der Waals surface area contributed by atoms with Crippen molar-refractivity contribution in [1.82, 2.24) is 0 Å². The van der Waals surface area contributed by atoms with E-state index >= 15 is 0 Å². The second-order valence-electron chi connectivity index (χ2n) is 3.51. The van der Waals surface area contributed by atoms with Gasteiger partial charge in [0.25, 0.3) is 0 Å². The number of thioether (sulfide) groups is 1. The van der Waals surface area contributed by atoms with E-state index in [0.717, 1.165) is 0 Å². The van der Waals surface area contributed by atoms with E-state index < -0.39 is 12.0 Å². The first-order chi connectivity index (χ1) is 8.49. The average molecular weight is 289 g/mol. The van der Waals surface area contributed by atoms with E-state index in [1.54, 1.807) is 24.3 Å². The van der Waals surface area contributed by atoms with Gasteiger partial charge in [0, 0.05) is 16.5 Å². The van der Waals surface area contributed by atoms with E-state index in [4.69, 9.17) is 22.4 Å². The van der Waals surface area contributed by atoms with Crippen LogP contribution in [0.15, 0.2) is 24.3 Å². The highest BCUT2D eigenvalue weighted by atomic mass is 35.5. The third kappa shape index (κ3) is 5.39. The van der Waals surface area contributed by atoms with Crippen molar-refractivity contribution in [3.05, 3.63) is 29.3 Å². The number of benzene rings is 1. The Bertz CT molecular complexity index is 425. The summed E-state index contributed by atoms with van der Waals surface area (Å²) in [6.07, 6.45) is 0. The van der Waals surface area contributed by atoms with Gasteiger partial charge in [0.2, 0.25) is 5.91 Å². The van der Waals surface area contributed by atoms with Crippen LogP contribution in [0.4, 0.5) is 5.69 Å². The lowest BCUT2D eigenvalue weighted by atomic mass is 10.3. The minimum Gasteiger partial charge on any atom is -0.480 e. The average Bonchev–Trinajstić information content (AvgIpc) is 2.32. The van der Waals surface area contributed by atoms with Crippen LogP contribution in [0.3, 0.4) is 0 Å². The molecule has 0 saturated carbocycles. The van der Waals surface area contributed by atoms with Crippen LogP contribution in [-0.2, 0) is 9.59 Å². The van der Waals surface area contributed by atoms with Crippen LogP contribution in [0.25, 0.3) is 0 Å². The van der Waals surface area contributed by atoms with Crippen molar-refractivity contribution in [2.24, 2.45) is 5.73 Å². The fourth-order valence-corrected chi connectivity index (χ4v) is 1.98. The molecule has 1 atom stereocenters. The Balaban J connectivity index is 2.30. The van der Waals surface area contributed by atoms with Gasteiger partial charge in [0.1, 0.15) is 6.04 Å². The zero-order chi connectivity index (χ0) is 13.5. The molecule has 1 rings (SSSR count). The smallest absolute Gasteiger partial charge is 0.321 e. The van der Waals surface area contributed by atoms with Crippen LogP contribution in [0.5, 0.6) is 0 Å². The highest BCUT2D eigenvalue weighted by molar-refractivity contribution is 8.00. The third-order valence-corrected chi connectivity index (χ3v) is 3.29. The van der Waals surface area contributed by atoms with Gasteiger partial charge >= 0.3 is 5.97 Å². The number of carboxylic acids is 1. The van der Waals surface area contributed by atoms with Gasteiger partial charge in [0.05, 0.1) is 5.75 Å². The molecule has 0 spiro atoms. The summed E-state index contributed by atoms with van der Waals surface area (Å²) in [6.45, 7) is 0. The second kappa shape index (κ2) is 7.25. The zero-order valence-electron chi connectivity index (χ0n) is 9.43. The summed E-state index contributed by atoms with van der Waals surface area (Å²) in [6, 6.07) is 5.77. The molecule has 1 unspecified atom stereocenters. The summed E-state index contributed by atoms with van der Waals surface area (Å²) in [5.74, 6) is -0.923. The molecule has 1 aromatic carbocycles. The minimum absolute atomic E-state index is 0.156. The van der Waals surface area contributed by atoms with Crippen molar-refractivity contribution in [3.63, 3.8) is 0 Å². The SMILES string of the molecule is NC(CSCC(=O)Nc1ccc(Cl)cc1)C(=O)O. The maximum Gasteiger partial charge on any atom is 0.321 e. The number of hydrogen-bond acceptors (Lipinski definition) is 4. The number of nitrogens with one attached hydrogen (secondary N) is 1. The predicted molar refractivity (Wildman–Crippen MR) is 73.0 cm³/mol. The highest BCUT2D eigenvalue weighted by Gasteiger charge is 2.12. The van der Waals surface area contributed by atoms with Crippen LogP contribution < -0.4 is 11.1 Å². The molecule has 1 aromatic rings. The van der Waals surface area contributed by atoms with Gasteiger partial charge in [-0.05, 0) is 24.3 Å². The molecule has 98 valence electrons. The quantitative estimate of drug-likeness (QED) is 0.736. The van der Waals surface area contributed by atoms with Gasteiger partial charge in [-0.25, -0.2) is 0 Å². The molecule has 0 radical (unpaired) electrons. The maximum atomic E-state index is 11.5. The molecular weight excluding hydrogens is 276 g/mol. The van der Waals surface area contributed by atoms with Gasteiger partial charge < -0.3 is 16.2 Å². The molecule has 0 aliphatic heterocycles. The summed E-state index contributed by atoms with van der Waals surface area (Å²) in [5.41, 5.74) is 5.95. The predicted octanol–water partition coefficient (Wildman–Crippen LogP) is 1.42. The topological polar surface area (TPSA) is 92.4 Å². The number of carboxylic acid groups (broad SMARTS) is 1. The van der Waals surface area contributed by atoms with E-state index in [1.807, 2.05) is 0 Å². The Morgan fingerprint density at radius 2 is 2.00 bits per heavy atom. The van der Waals surface area contributed by atoms with Crippen molar-refractivity contribution in [3.8, 4) is 0 Å². The Morgan fingerprint density at radius 1 is 1.39 bits per heavy atom. The lowest BCUT2D eigenvalue weighted by molar-refractivity contribution is -0.137. The van der Waals surface area contributed by atoms with Crippen LogP contribution >= 0.6 is 23.4 Å². The molecule has 5 nitrogen and oxygen atoms in total. The first-order valence-electron chi connectivity index (χ1n) is 5.10. The number of amides is 1. The lowest BCUT2D eigenvalue weighted by Gasteiger charge is -2.07. The number of halogens is 1. The fraction of sp³-hybridized carbons (Fsp3) is 0.273. The third-order valence-electron chi connectivity index (χ3n) is 1.98. The van der Waals surface area contributed by atoms with E-state index in [-0.39, 0.29) is 17.4 Å². The first-order valence-corrected chi connectivity index (χ1v) is 6.64. The summed E-state index contributed by atoms with van der Waals surface area (Å²) in [5, 5.41) is 11.8. The number of aliphatic carboxylic acids is 1. The Hall–Kier alpha value is -1.24. The van der Waals surface area contributed by atoms with Gasteiger partial charge in [-0.1, -0.05) is 11.6 Å². The number of nitrogens with two attached hydrogens (primary N) is 1. The Kier molecular flexibility index (Phi) is 5.97. The van der Waals surface area contributed by atoms with Crippen molar-refractivity contribution >= 4 is 40.9 Å². The molecule has 0 aliphatic rings. The largest absolute Gasteiger partial charge is 0.480 e. The summed E-state index contributed by atoms with van der Waals surface area (Å²) >= 11 is 6.89. The van der Waals surface area contributed by atoms with Gasteiger partial charge in [-0.2, -0.15) is 0 Å². The van der Waals surface area contributed by atoms with Crippen molar-refractivity contribution < 1.29 is 14.7 Å². The van der Waals surface area contributed by atoms with Crippen molar-refractivity contribution in [1.29, 1.82) is 0 Å². The normalized spacial score (nSPS) is 11.9. The molecule has 0 bridgehead atoms. The molecule has 1 amide bonds. The monoisotopic (exact) mass is 288 g/mol. The molecule has 0 heterocycles. The molecule has 0 aliphatic carbocycles. The van der Waals surface area contributed by atoms with Crippen LogP contribution in [-0.4, -0.2) is 34.5 Å². The van der Waals surface area contributed by atoms with E-state index in [0.29, 0.717) is 10.7 Å². The second-order valence-corrected chi connectivity index (χ2v) is 4.98. The molecule has 7 heteroatoms. The van der Waals surface area contributed by atoms with Crippen LogP contribution in [0.1, 0.15) is 0 Å². The fourth-order valence-electron chi connectivity index (χ4n) is 1.08. The summed E-state index contributed by atoms with van der Waals surface area (Å²) in [4.78, 5) is 21.9. The summed E-state index contributed by atoms with van der Waals surface area (Å²) < 4.78 is 0. The molecule has 0 aromatic heterocycles. The van der Waals surface area contributed by atoms with Crippen molar-refractivity contribution in [2.75, 3.05) is 16.8 Å². The molecule has 4 N–H and O–H groups in total. The van der Waals surface area contributed by atoms with Crippen molar-refractivity contribution in [2.45, 2.75) is 6.04 Å².